The molecule has 5 nitrogen and oxygen atoms in total. The van der Waals surface area contributed by atoms with Gasteiger partial charge in [0.1, 0.15) is 5.82 Å². The topological polar surface area (TPSA) is 53.6 Å². The van der Waals surface area contributed by atoms with Crippen LogP contribution >= 0.6 is 0 Å². The maximum absolute atomic E-state index is 13.2. The van der Waals surface area contributed by atoms with Crippen molar-refractivity contribution >= 4 is 6.03 Å². The quantitative estimate of drug-likeness (QED) is 0.830. The molecule has 0 saturated carbocycles. The summed E-state index contributed by atoms with van der Waals surface area (Å²) in [5.74, 6) is -0.277. The Morgan fingerprint density at radius 3 is 2.64 bits per heavy atom. The van der Waals surface area contributed by atoms with Crippen LogP contribution in [0.25, 0.3) is 0 Å². The minimum Gasteiger partial charge on any atom is -0.376 e. The molecule has 2 aliphatic rings. The number of carbonyl (C=O) groups excluding carboxylic acids is 1. The van der Waals surface area contributed by atoms with Crippen LogP contribution in [0, 0.1) is 5.82 Å². The predicted octanol–water partition coefficient (Wildman–Crippen LogP) is 2.83. The van der Waals surface area contributed by atoms with Crippen LogP contribution in [-0.2, 0) is 4.74 Å². The van der Waals surface area contributed by atoms with Crippen LogP contribution < -0.4 is 10.6 Å². The molecule has 0 aliphatic carbocycles. The second-order valence-electron chi connectivity index (χ2n) is 6.88. The third-order valence-corrected chi connectivity index (χ3v) is 5.01. The second kappa shape index (κ2) is 9.15. The molecular formula is C19H28FN3O2. The molecule has 0 aromatic heterocycles. The molecule has 0 radical (unpaired) electrons. The lowest BCUT2D eigenvalue weighted by molar-refractivity contribution is 0.0806. The minimum absolute atomic E-state index is 0.0571. The summed E-state index contributed by atoms with van der Waals surface area (Å²) < 4.78 is 19.0. The van der Waals surface area contributed by atoms with Crippen molar-refractivity contribution in [2.45, 2.75) is 44.2 Å². The van der Waals surface area contributed by atoms with E-state index in [0.29, 0.717) is 13.2 Å². The molecule has 1 aromatic carbocycles. The van der Waals surface area contributed by atoms with Gasteiger partial charge in [-0.05, 0) is 56.5 Å². The summed E-state index contributed by atoms with van der Waals surface area (Å²) in [7, 11) is 0. The third kappa shape index (κ3) is 5.41. The van der Waals surface area contributed by atoms with Crippen molar-refractivity contribution in [2.24, 2.45) is 0 Å². The van der Waals surface area contributed by atoms with E-state index >= 15 is 0 Å². The van der Waals surface area contributed by atoms with Crippen molar-refractivity contribution in [2.75, 3.05) is 32.8 Å². The lowest BCUT2D eigenvalue weighted by Gasteiger charge is -2.27. The Balaban J connectivity index is 1.52. The number of amides is 2. The normalized spacial score (nSPS) is 22.5. The zero-order chi connectivity index (χ0) is 17.5. The van der Waals surface area contributed by atoms with E-state index in [4.69, 9.17) is 4.74 Å². The number of piperidine rings is 1. The number of hydrogen-bond donors (Lipinski definition) is 2. The lowest BCUT2D eigenvalue weighted by Crippen LogP contribution is -2.45. The molecule has 138 valence electrons. The first-order chi connectivity index (χ1) is 12.2. The Kier molecular flexibility index (Phi) is 6.64. The molecule has 6 heteroatoms. The van der Waals surface area contributed by atoms with Crippen molar-refractivity contribution in [3.05, 3.63) is 35.6 Å². The van der Waals surface area contributed by atoms with Gasteiger partial charge in [-0.3, -0.25) is 0 Å². The second-order valence-corrected chi connectivity index (χ2v) is 6.88. The van der Waals surface area contributed by atoms with Gasteiger partial charge >= 0.3 is 6.03 Å². The Hall–Kier alpha value is -1.66. The molecule has 1 aromatic rings. The smallest absolute Gasteiger partial charge is 0.315 e. The zero-order valence-electron chi connectivity index (χ0n) is 14.7. The summed E-state index contributed by atoms with van der Waals surface area (Å²) in [5.41, 5.74) is 0.875. The fourth-order valence-corrected chi connectivity index (χ4v) is 3.63. The van der Waals surface area contributed by atoms with Crippen LogP contribution in [0.2, 0.25) is 0 Å². The van der Waals surface area contributed by atoms with Crippen molar-refractivity contribution in [3.8, 4) is 0 Å². The summed E-state index contributed by atoms with van der Waals surface area (Å²) in [6.45, 7) is 4.47. The molecule has 2 amide bonds. The Bertz CT molecular complexity index is 540. The first-order valence-corrected chi connectivity index (χ1v) is 9.36. The molecule has 2 heterocycles. The van der Waals surface area contributed by atoms with Crippen LogP contribution in [0.15, 0.2) is 24.3 Å². The van der Waals surface area contributed by atoms with Gasteiger partial charge in [0.25, 0.3) is 0 Å². The number of likely N-dealkylation sites (tertiary alicyclic amines) is 1. The fourth-order valence-electron chi connectivity index (χ4n) is 3.63. The molecule has 2 fully saturated rings. The van der Waals surface area contributed by atoms with Crippen LogP contribution in [-0.4, -0.2) is 49.8 Å². The maximum Gasteiger partial charge on any atom is 0.315 e. The van der Waals surface area contributed by atoms with Crippen molar-refractivity contribution in [1.82, 2.24) is 15.5 Å². The summed E-state index contributed by atoms with van der Waals surface area (Å²) in [6, 6.07) is 5.84. The summed E-state index contributed by atoms with van der Waals surface area (Å²) in [6.07, 6.45) is 5.63. The molecule has 2 atom stereocenters. The highest BCUT2D eigenvalue weighted by Gasteiger charge is 2.28. The number of urea groups is 1. The molecule has 2 unspecified atom stereocenters. The number of benzene rings is 1. The highest BCUT2D eigenvalue weighted by molar-refractivity contribution is 5.74. The van der Waals surface area contributed by atoms with E-state index in [1.165, 1.54) is 31.4 Å². The van der Waals surface area contributed by atoms with Gasteiger partial charge in [-0.25, -0.2) is 9.18 Å². The van der Waals surface area contributed by atoms with Gasteiger partial charge in [0, 0.05) is 19.7 Å². The van der Waals surface area contributed by atoms with Crippen LogP contribution in [0.5, 0.6) is 0 Å². The molecule has 25 heavy (non-hydrogen) atoms. The van der Waals surface area contributed by atoms with Crippen LogP contribution in [0.1, 0.15) is 43.7 Å². The number of nitrogens with one attached hydrogen (secondary N) is 2. The summed E-state index contributed by atoms with van der Waals surface area (Å²) >= 11 is 0. The largest absolute Gasteiger partial charge is 0.376 e. The third-order valence-electron chi connectivity index (χ3n) is 5.01. The summed E-state index contributed by atoms with van der Waals surface area (Å²) in [4.78, 5) is 14.7. The van der Waals surface area contributed by atoms with E-state index in [9.17, 15) is 9.18 Å². The molecule has 2 aliphatic heterocycles. The number of nitrogens with zero attached hydrogens (tertiary/aromatic N) is 1. The van der Waals surface area contributed by atoms with Gasteiger partial charge in [-0.1, -0.05) is 18.6 Å². The van der Waals surface area contributed by atoms with E-state index < -0.39 is 0 Å². The van der Waals surface area contributed by atoms with E-state index in [-0.39, 0.29) is 24.0 Å². The van der Waals surface area contributed by atoms with Crippen molar-refractivity contribution in [3.63, 3.8) is 0 Å². The monoisotopic (exact) mass is 349 g/mol. The molecule has 0 spiro atoms. The first kappa shape index (κ1) is 18.1. The van der Waals surface area contributed by atoms with Gasteiger partial charge in [-0.2, -0.15) is 0 Å². The van der Waals surface area contributed by atoms with E-state index in [1.54, 1.807) is 12.1 Å². The highest BCUT2D eigenvalue weighted by Crippen LogP contribution is 2.27. The minimum atomic E-state index is -0.277. The number of hydrogen-bond acceptors (Lipinski definition) is 3. The van der Waals surface area contributed by atoms with Crippen LogP contribution in [0.4, 0.5) is 9.18 Å². The zero-order valence-corrected chi connectivity index (χ0v) is 14.7. The average molecular weight is 349 g/mol. The van der Waals surface area contributed by atoms with E-state index in [0.717, 1.165) is 38.0 Å². The van der Waals surface area contributed by atoms with Crippen molar-refractivity contribution in [1.29, 1.82) is 0 Å². The van der Waals surface area contributed by atoms with E-state index in [2.05, 4.69) is 15.5 Å². The highest BCUT2D eigenvalue weighted by atomic mass is 19.1. The standard InChI is InChI=1S/C19H28FN3O2/c20-16-8-6-15(7-9-16)18(17-5-4-14-25-17)22-19(24)21-10-13-23-11-2-1-3-12-23/h6-9,17-18H,1-5,10-14H2,(H2,21,22,24). The average Bonchev–Trinajstić information content (AvgIpc) is 3.16. The van der Waals surface area contributed by atoms with Gasteiger partial charge < -0.3 is 20.3 Å². The molecule has 2 saturated heterocycles. The molecule has 3 rings (SSSR count). The van der Waals surface area contributed by atoms with Gasteiger partial charge in [-0.15, -0.1) is 0 Å². The van der Waals surface area contributed by atoms with Gasteiger partial charge in [0.2, 0.25) is 0 Å². The first-order valence-electron chi connectivity index (χ1n) is 9.36. The SMILES string of the molecule is O=C(NCCN1CCCCC1)NC(c1ccc(F)cc1)C1CCCO1. The lowest BCUT2D eigenvalue weighted by atomic mass is 9.99. The summed E-state index contributed by atoms with van der Waals surface area (Å²) in [5, 5.41) is 5.96. The molecular weight excluding hydrogens is 321 g/mol. The Morgan fingerprint density at radius 2 is 1.96 bits per heavy atom. The van der Waals surface area contributed by atoms with E-state index in [1.807, 2.05) is 0 Å². The number of carbonyl (C=O) groups is 1. The number of rotatable bonds is 6. The fraction of sp³-hybridized carbons (Fsp3) is 0.632. The van der Waals surface area contributed by atoms with Crippen molar-refractivity contribution < 1.29 is 13.9 Å². The van der Waals surface area contributed by atoms with Crippen LogP contribution in [0.3, 0.4) is 0 Å². The molecule has 2 N–H and O–H groups in total. The number of halogens is 1. The number of ether oxygens (including phenoxy) is 1. The van der Waals surface area contributed by atoms with Gasteiger partial charge in [0.05, 0.1) is 12.1 Å². The van der Waals surface area contributed by atoms with Gasteiger partial charge in [0.15, 0.2) is 0 Å². The maximum atomic E-state index is 13.2. The predicted molar refractivity (Wildman–Crippen MR) is 94.9 cm³/mol. The Labute approximate surface area is 148 Å². The Morgan fingerprint density at radius 1 is 1.20 bits per heavy atom. The molecule has 0 bridgehead atoms.